The van der Waals surface area contributed by atoms with Crippen LogP contribution >= 0.6 is 11.3 Å². The van der Waals surface area contributed by atoms with Crippen molar-refractivity contribution in [2.24, 2.45) is 5.73 Å². The van der Waals surface area contributed by atoms with Crippen LogP contribution in [0.25, 0.3) is 0 Å². The summed E-state index contributed by atoms with van der Waals surface area (Å²) in [6.45, 7) is 2.51. The molecule has 0 spiro atoms. The van der Waals surface area contributed by atoms with Gasteiger partial charge in [-0.15, -0.1) is 11.3 Å². The van der Waals surface area contributed by atoms with E-state index in [9.17, 15) is 0 Å². The Kier molecular flexibility index (Phi) is 3.54. The molecule has 1 atom stereocenters. The van der Waals surface area contributed by atoms with E-state index in [4.69, 9.17) is 10.5 Å². The van der Waals surface area contributed by atoms with E-state index < -0.39 is 0 Å². The molecular formula is C12H14N2OS. The topological polar surface area (TPSA) is 48.1 Å². The first kappa shape index (κ1) is 11.1. The maximum absolute atomic E-state index is 5.79. The number of ether oxygens (including phenoxy) is 1. The standard InChI is InChI=1S/C12H14N2OS/c1-9(13)10-4-5-14-12(7-10)15-8-11-3-2-6-16-11/h2-7,9H,8,13H2,1H3/t9-/m0/s1. The zero-order valence-electron chi connectivity index (χ0n) is 9.09. The van der Waals surface area contributed by atoms with Crippen molar-refractivity contribution in [2.75, 3.05) is 0 Å². The van der Waals surface area contributed by atoms with E-state index in [-0.39, 0.29) is 6.04 Å². The van der Waals surface area contributed by atoms with Gasteiger partial charge in [0.05, 0.1) is 0 Å². The highest BCUT2D eigenvalue weighted by atomic mass is 32.1. The van der Waals surface area contributed by atoms with Crippen LogP contribution in [0.5, 0.6) is 5.88 Å². The molecule has 3 nitrogen and oxygen atoms in total. The Morgan fingerprint density at radius 2 is 2.38 bits per heavy atom. The molecule has 16 heavy (non-hydrogen) atoms. The van der Waals surface area contributed by atoms with Gasteiger partial charge in [-0.05, 0) is 30.0 Å². The molecule has 2 aromatic rings. The minimum absolute atomic E-state index is 0.00656. The zero-order valence-corrected chi connectivity index (χ0v) is 9.91. The van der Waals surface area contributed by atoms with Crippen LogP contribution in [0.1, 0.15) is 23.4 Å². The van der Waals surface area contributed by atoms with Crippen molar-refractivity contribution in [1.82, 2.24) is 4.98 Å². The summed E-state index contributed by atoms with van der Waals surface area (Å²) in [5, 5.41) is 2.03. The fourth-order valence-electron chi connectivity index (χ4n) is 1.33. The number of hydrogen-bond donors (Lipinski definition) is 1. The van der Waals surface area contributed by atoms with Gasteiger partial charge in [0.15, 0.2) is 0 Å². The molecular weight excluding hydrogens is 220 g/mol. The van der Waals surface area contributed by atoms with Crippen molar-refractivity contribution in [1.29, 1.82) is 0 Å². The number of hydrogen-bond acceptors (Lipinski definition) is 4. The highest BCUT2D eigenvalue weighted by Crippen LogP contribution is 2.17. The van der Waals surface area contributed by atoms with Crippen LogP contribution in [0, 0.1) is 0 Å². The smallest absolute Gasteiger partial charge is 0.213 e. The highest BCUT2D eigenvalue weighted by Gasteiger charge is 2.02. The third-order valence-corrected chi connectivity index (χ3v) is 3.08. The summed E-state index contributed by atoms with van der Waals surface area (Å²) in [5.41, 5.74) is 6.83. The molecule has 0 aliphatic carbocycles. The molecule has 0 bridgehead atoms. The van der Waals surface area contributed by atoms with Gasteiger partial charge < -0.3 is 10.5 Å². The van der Waals surface area contributed by atoms with Gasteiger partial charge in [-0.3, -0.25) is 0 Å². The van der Waals surface area contributed by atoms with E-state index in [2.05, 4.69) is 4.98 Å². The SMILES string of the molecule is C[C@H](N)c1ccnc(OCc2cccs2)c1. The van der Waals surface area contributed by atoms with E-state index in [1.165, 1.54) is 4.88 Å². The van der Waals surface area contributed by atoms with Crippen molar-refractivity contribution in [3.8, 4) is 5.88 Å². The zero-order chi connectivity index (χ0) is 11.4. The minimum atomic E-state index is 0.00656. The summed E-state index contributed by atoms with van der Waals surface area (Å²) in [4.78, 5) is 5.34. The molecule has 0 aromatic carbocycles. The predicted octanol–water partition coefficient (Wildman–Crippen LogP) is 2.74. The van der Waals surface area contributed by atoms with E-state index in [1.807, 2.05) is 36.6 Å². The van der Waals surface area contributed by atoms with E-state index in [0.717, 1.165) is 5.56 Å². The summed E-state index contributed by atoms with van der Waals surface area (Å²) in [5.74, 6) is 0.628. The van der Waals surface area contributed by atoms with Crippen molar-refractivity contribution in [3.63, 3.8) is 0 Å². The van der Waals surface area contributed by atoms with Crippen molar-refractivity contribution in [3.05, 3.63) is 46.3 Å². The number of rotatable bonds is 4. The molecule has 0 unspecified atom stereocenters. The van der Waals surface area contributed by atoms with Crippen LogP contribution in [0.3, 0.4) is 0 Å². The molecule has 4 heteroatoms. The fourth-order valence-corrected chi connectivity index (χ4v) is 1.94. The van der Waals surface area contributed by atoms with Crippen LogP contribution in [-0.2, 0) is 6.61 Å². The van der Waals surface area contributed by atoms with Crippen molar-refractivity contribution >= 4 is 11.3 Å². The highest BCUT2D eigenvalue weighted by molar-refractivity contribution is 7.09. The summed E-state index contributed by atoms with van der Waals surface area (Å²) < 4.78 is 5.58. The number of aromatic nitrogens is 1. The third kappa shape index (κ3) is 2.81. The molecule has 84 valence electrons. The van der Waals surface area contributed by atoms with Gasteiger partial charge in [0.2, 0.25) is 5.88 Å². The lowest BCUT2D eigenvalue weighted by atomic mass is 10.1. The first-order valence-electron chi connectivity index (χ1n) is 5.12. The second-order valence-corrected chi connectivity index (χ2v) is 4.62. The lowest BCUT2D eigenvalue weighted by Gasteiger charge is -2.08. The molecule has 0 fully saturated rings. The monoisotopic (exact) mass is 234 g/mol. The number of pyridine rings is 1. The average Bonchev–Trinajstić information content (AvgIpc) is 2.79. The summed E-state index contributed by atoms with van der Waals surface area (Å²) in [6, 6.07) is 7.85. The Bertz CT molecular complexity index is 440. The van der Waals surface area contributed by atoms with Gasteiger partial charge in [-0.2, -0.15) is 0 Å². The number of nitrogens with two attached hydrogens (primary N) is 1. The summed E-state index contributed by atoms with van der Waals surface area (Å²) >= 11 is 1.68. The van der Waals surface area contributed by atoms with Gasteiger partial charge in [0, 0.05) is 23.2 Å². The molecule has 0 amide bonds. The molecule has 0 saturated heterocycles. The van der Waals surface area contributed by atoms with Crippen molar-refractivity contribution < 1.29 is 4.74 Å². The normalized spacial score (nSPS) is 12.4. The molecule has 0 radical (unpaired) electrons. The largest absolute Gasteiger partial charge is 0.472 e. The van der Waals surface area contributed by atoms with Crippen LogP contribution < -0.4 is 10.5 Å². The minimum Gasteiger partial charge on any atom is -0.472 e. The molecule has 2 N–H and O–H groups in total. The number of thiophene rings is 1. The Morgan fingerprint density at radius 1 is 1.50 bits per heavy atom. The van der Waals surface area contributed by atoms with Gasteiger partial charge in [-0.1, -0.05) is 6.07 Å². The Labute approximate surface area is 98.9 Å². The molecule has 2 heterocycles. The Morgan fingerprint density at radius 3 is 3.06 bits per heavy atom. The van der Waals surface area contributed by atoms with Crippen LogP contribution in [0.15, 0.2) is 35.8 Å². The maximum Gasteiger partial charge on any atom is 0.213 e. The van der Waals surface area contributed by atoms with Gasteiger partial charge in [0.25, 0.3) is 0 Å². The average molecular weight is 234 g/mol. The van der Waals surface area contributed by atoms with E-state index >= 15 is 0 Å². The second-order valence-electron chi connectivity index (χ2n) is 3.58. The third-order valence-electron chi connectivity index (χ3n) is 2.23. The maximum atomic E-state index is 5.79. The van der Waals surface area contributed by atoms with Crippen LogP contribution in [0.4, 0.5) is 0 Å². The molecule has 0 aliphatic heterocycles. The summed E-state index contributed by atoms with van der Waals surface area (Å²) in [6.07, 6.45) is 1.72. The van der Waals surface area contributed by atoms with E-state index in [1.54, 1.807) is 17.5 Å². The molecule has 0 saturated carbocycles. The van der Waals surface area contributed by atoms with Crippen LogP contribution in [-0.4, -0.2) is 4.98 Å². The van der Waals surface area contributed by atoms with Gasteiger partial charge in [0.1, 0.15) is 6.61 Å². The predicted molar refractivity (Wildman–Crippen MR) is 65.5 cm³/mol. The Hall–Kier alpha value is -1.39. The first-order valence-corrected chi connectivity index (χ1v) is 6.00. The fraction of sp³-hybridized carbons (Fsp3) is 0.250. The Balaban J connectivity index is 2.01. The van der Waals surface area contributed by atoms with Gasteiger partial charge in [-0.25, -0.2) is 4.98 Å². The van der Waals surface area contributed by atoms with E-state index in [0.29, 0.717) is 12.5 Å². The second kappa shape index (κ2) is 5.09. The van der Waals surface area contributed by atoms with Crippen LogP contribution in [0.2, 0.25) is 0 Å². The molecule has 2 rings (SSSR count). The molecule has 2 aromatic heterocycles. The number of nitrogens with zero attached hydrogens (tertiary/aromatic N) is 1. The van der Waals surface area contributed by atoms with Gasteiger partial charge >= 0.3 is 0 Å². The molecule has 0 aliphatic rings. The lowest BCUT2D eigenvalue weighted by Crippen LogP contribution is -2.05. The first-order chi connectivity index (χ1) is 7.75. The quantitative estimate of drug-likeness (QED) is 0.884. The van der Waals surface area contributed by atoms with Crippen molar-refractivity contribution in [2.45, 2.75) is 19.6 Å². The lowest BCUT2D eigenvalue weighted by molar-refractivity contribution is 0.297. The summed E-state index contributed by atoms with van der Waals surface area (Å²) in [7, 11) is 0.